The highest BCUT2D eigenvalue weighted by Crippen LogP contribution is 2.26. The molecule has 2 aliphatic rings. The molecule has 2 aromatic heterocycles. The van der Waals surface area contributed by atoms with Crippen molar-refractivity contribution >= 4 is 32.7 Å². The minimum Gasteiger partial charge on any atom is -0.436 e. The first kappa shape index (κ1) is 24.0. The highest BCUT2D eigenvalue weighted by Gasteiger charge is 2.42. The van der Waals surface area contributed by atoms with Crippen LogP contribution in [0.3, 0.4) is 0 Å². The summed E-state index contributed by atoms with van der Waals surface area (Å²) in [5, 5.41) is 15.7. The quantitative estimate of drug-likeness (QED) is 0.336. The number of nitrogens with zero attached hydrogens (tertiary/aromatic N) is 3. The van der Waals surface area contributed by atoms with Crippen LogP contribution >= 0.6 is 0 Å². The molecule has 0 spiro atoms. The second-order valence-electron chi connectivity index (χ2n) is 8.56. The second-order valence-corrected chi connectivity index (χ2v) is 10.5. The van der Waals surface area contributed by atoms with Gasteiger partial charge in [0.05, 0.1) is 12.2 Å². The summed E-state index contributed by atoms with van der Waals surface area (Å²) in [5.74, 6) is 1.60. The lowest BCUT2D eigenvalue weighted by Gasteiger charge is -2.38. The van der Waals surface area contributed by atoms with Gasteiger partial charge in [0.15, 0.2) is 0 Å². The zero-order valence-electron chi connectivity index (χ0n) is 19.3. The molecule has 2 atom stereocenters. The van der Waals surface area contributed by atoms with Crippen LogP contribution in [0, 0.1) is 12.3 Å². The van der Waals surface area contributed by atoms with Crippen LogP contribution in [-0.4, -0.2) is 83.5 Å². The van der Waals surface area contributed by atoms with Crippen molar-refractivity contribution in [1.82, 2.24) is 29.8 Å². The number of aromatic amines is 1. The molecule has 0 aliphatic carbocycles. The van der Waals surface area contributed by atoms with E-state index in [1.165, 1.54) is 22.3 Å². The van der Waals surface area contributed by atoms with Crippen molar-refractivity contribution in [1.29, 1.82) is 0 Å². The van der Waals surface area contributed by atoms with Gasteiger partial charge in [0.2, 0.25) is 5.91 Å². The number of aliphatic hydroxyl groups excluding tert-OH is 1. The molecule has 1 aromatic carbocycles. The number of hydrogen-bond acceptors (Lipinski definition) is 8. The lowest BCUT2D eigenvalue weighted by atomic mass is 10.1. The molecule has 2 amide bonds. The Morgan fingerprint density at radius 1 is 1.31 bits per heavy atom. The van der Waals surface area contributed by atoms with Gasteiger partial charge in [-0.2, -0.15) is 4.31 Å². The Bertz CT molecular complexity index is 1500. The fourth-order valence-electron chi connectivity index (χ4n) is 4.45. The SMILES string of the molecule is C#Cc1ccc2[nH]c(S(=O)(=O)N3CCN(C(=O)c4nc5c(o4)CNC(O)C5)C(C(=O)NC)C3)cc2c1. The van der Waals surface area contributed by atoms with E-state index < -0.39 is 34.1 Å². The molecule has 3 aromatic rings. The summed E-state index contributed by atoms with van der Waals surface area (Å²) in [6.07, 6.45) is 4.83. The van der Waals surface area contributed by atoms with Crippen molar-refractivity contribution in [3.8, 4) is 12.3 Å². The van der Waals surface area contributed by atoms with Crippen molar-refractivity contribution in [2.24, 2.45) is 0 Å². The number of amides is 2. The van der Waals surface area contributed by atoms with Crippen molar-refractivity contribution in [3.63, 3.8) is 0 Å². The minimum atomic E-state index is -4.01. The average Bonchev–Trinajstić information content (AvgIpc) is 3.51. The number of carbonyl (C=O) groups excluding carboxylic acids is 2. The van der Waals surface area contributed by atoms with Crippen LogP contribution in [0.5, 0.6) is 0 Å². The molecule has 188 valence electrons. The molecule has 0 bridgehead atoms. The molecule has 13 heteroatoms. The number of nitrogens with one attached hydrogen (secondary N) is 3. The molecule has 0 saturated carbocycles. The van der Waals surface area contributed by atoms with Crippen LogP contribution in [0.1, 0.15) is 27.7 Å². The van der Waals surface area contributed by atoms with E-state index >= 15 is 0 Å². The largest absolute Gasteiger partial charge is 0.436 e. The maximum absolute atomic E-state index is 13.4. The zero-order valence-corrected chi connectivity index (χ0v) is 20.1. The smallest absolute Gasteiger partial charge is 0.310 e. The van der Waals surface area contributed by atoms with Crippen LogP contribution in [0.25, 0.3) is 10.9 Å². The predicted octanol–water partition coefficient (Wildman–Crippen LogP) is -0.637. The van der Waals surface area contributed by atoms with Gasteiger partial charge in [-0.15, -0.1) is 6.42 Å². The fraction of sp³-hybridized carbons (Fsp3) is 0.348. The predicted molar refractivity (Wildman–Crippen MR) is 127 cm³/mol. The van der Waals surface area contributed by atoms with Gasteiger partial charge in [0, 0.05) is 49.6 Å². The number of carbonyl (C=O) groups is 2. The number of terminal acetylenes is 1. The molecule has 1 saturated heterocycles. The molecule has 2 unspecified atom stereocenters. The van der Waals surface area contributed by atoms with Gasteiger partial charge in [-0.3, -0.25) is 14.9 Å². The van der Waals surface area contributed by atoms with E-state index in [2.05, 4.69) is 26.5 Å². The number of sulfonamides is 1. The number of oxazole rings is 1. The summed E-state index contributed by atoms with van der Waals surface area (Å²) in [4.78, 5) is 34.3. The number of aliphatic hydroxyl groups is 1. The number of hydrogen-bond donors (Lipinski definition) is 4. The van der Waals surface area contributed by atoms with Gasteiger partial charge in [-0.05, 0) is 24.3 Å². The molecule has 5 rings (SSSR count). The van der Waals surface area contributed by atoms with Gasteiger partial charge >= 0.3 is 5.91 Å². The Labute approximate surface area is 206 Å². The van der Waals surface area contributed by atoms with Gasteiger partial charge in [0.1, 0.15) is 23.1 Å². The lowest BCUT2D eigenvalue weighted by Crippen LogP contribution is -2.61. The van der Waals surface area contributed by atoms with Gasteiger partial charge < -0.3 is 24.7 Å². The van der Waals surface area contributed by atoms with Gasteiger partial charge in [-0.25, -0.2) is 13.4 Å². The molecular formula is C23H24N6O6S. The van der Waals surface area contributed by atoms with Crippen molar-refractivity contribution in [3.05, 3.63) is 47.2 Å². The van der Waals surface area contributed by atoms with Crippen LogP contribution < -0.4 is 10.6 Å². The summed E-state index contributed by atoms with van der Waals surface area (Å²) in [7, 11) is -2.59. The topological polar surface area (TPSA) is 161 Å². The standard InChI is InChI=1S/C23H24N6O6S/c1-3-13-4-5-15-14(8-13)9-20(26-15)36(33,34)28-6-7-29(17(12-28)21(31)24-2)23(32)22-27-16-10-19(30)25-11-18(16)35-22/h1,4-5,8-9,17,19,25-26,30H,6-7,10-12H2,2H3,(H,24,31). The second kappa shape index (κ2) is 9.07. The van der Waals surface area contributed by atoms with E-state index in [9.17, 15) is 23.1 Å². The number of rotatable bonds is 4. The third kappa shape index (κ3) is 4.14. The monoisotopic (exact) mass is 512 g/mol. The minimum absolute atomic E-state index is 0.0338. The van der Waals surface area contributed by atoms with Crippen molar-refractivity contribution in [2.45, 2.75) is 30.3 Å². The molecule has 12 nitrogen and oxygen atoms in total. The first-order chi connectivity index (χ1) is 17.2. The van der Waals surface area contributed by atoms with Gasteiger partial charge in [0.25, 0.3) is 15.9 Å². The van der Waals surface area contributed by atoms with Crippen LogP contribution in [0.4, 0.5) is 0 Å². The summed E-state index contributed by atoms with van der Waals surface area (Å²) in [6.45, 7) is -0.118. The number of fused-ring (bicyclic) bond motifs is 2. The van der Waals surface area contributed by atoms with Gasteiger partial charge in [-0.1, -0.05) is 5.92 Å². The van der Waals surface area contributed by atoms with E-state index in [-0.39, 0.29) is 43.5 Å². The van der Waals surface area contributed by atoms with Crippen molar-refractivity contribution < 1.29 is 27.5 Å². The normalized spacial score (nSPS) is 20.6. The Kier molecular flexibility index (Phi) is 6.05. The summed E-state index contributed by atoms with van der Waals surface area (Å²) >= 11 is 0. The molecule has 4 heterocycles. The average molecular weight is 513 g/mol. The maximum atomic E-state index is 13.4. The Hall–Kier alpha value is -3.70. The summed E-state index contributed by atoms with van der Waals surface area (Å²) < 4.78 is 33.6. The Balaban J connectivity index is 1.40. The third-order valence-corrected chi connectivity index (χ3v) is 8.17. The van der Waals surface area contributed by atoms with E-state index in [0.717, 1.165) is 0 Å². The van der Waals surface area contributed by atoms with Crippen LogP contribution in [-0.2, 0) is 27.8 Å². The third-order valence-electron chi connectivity index (χ3n) is 6.38. The van der Waals surface area contributed by atoms with E-state index in [0.29, 0.717) is 27.9 Å². The molecule has 36 heavy (non-hydrogen) atoms. The highest BCUT2D eigenvalue weighted by molar-refractivity contribution is 7.89. The Morgan fingerprint density at radius 2 is 2.11 bits per heavy atom. The Morgan fingerprint density at radius 3 is 2.86 bits per heavy atom. The molecule has 1 fully saturated rings. The van der Waals surface area contributed by atoms with E-state index in [1.807, 2.05) is 0 Å². The van der Waals surface area contributed by atoms with Crippen LogP contribution in [0.15, 0.2) is 33.7 Å². The number of H-pyrrole nitrogens is 1. The van der Waals surface area contributed by atoms with E-state index in [4.69, 9.17) is 10.8 Å². The summed E-state index contributed by atoms with van der Waals surface area (Å²) in [5.41, 5.74) is 1.70. The number of likely N-dealkylation sites (N-methyl/N-ethyl adjacent to an activating group) is 1. The van der Waals surface area contributed by atoms with Crippen molar-refractivity contribution in [2.75, 3.05) is 26.7 Å². The first-order valence-electron chi connectivity index (χ1n) is 11.2. The number of aromatic nitrogens is 2. The highest BCUT2D eigenvalue weighted by atomic mass is 32.2. The molecule has 4 N–H and O–H groups in total. The number of piperazine rings is 1. The summed E-state index contributed by atoms with van der Waals surface area (Å²) in [6, 6.07) is 5.52. The van der Waals surface area contributed by atoms with Crippen LogP contribution in [0.2, 0.25) is 0 Å². The molecule has 2 aliphatic heterocycles. The molecule has 0 radical (unpaired) electrons. The maximum Gasteiger partial charge on any atom is 0.310 e. The number of benzene rings is 1. The zero-order chi connectivity index (χ0) is 25.6. The molecular weight excluding hydrogens is 488 g/mol. The lowest BCUT2D eigenvalue weighted by molar-refractivity contribution is -0.126. The first-order valence-corrected chi connectivity index (χ1v) is 12.7. The van der Waals surface area contributed by atoms with E-state index in [1.54, 1.807) is 18.2 Å². The fourth-order valence-corrected chi connectivity index (χ4v) is 5.90.